The van der Waals surface area contributed by atoms with E-state index >= 15 is 0 Å². The molecule has 0 fully saturated rings. The van der Waals surface area contributed by atoms with Crippen molar-refractivity contribution >= 4 is 49.7 Å². The number of nitrogen functional groups attached to an aromatic ring is 1. The van der Waals surface area contributed by atoms with Crippen LogP contribution in [-0.2, 0) is 0 Å². The zero-order valence-electron chi connectivity index (χ0n) is 20.7. The third-order valence-corrected chi connectivity index (χ3v) is 7.19. The summed E-state index contributed by atoms with van der Waals surface area (Å²) in [5.74, 6) is -0.214. The van der Waals surface area contributed by atoms with Crippen LogP contribution in [0.15, 0.2) is 72.8 Å². The maximum atomic E-state index is 13.7. The number of fused-ring (bicyclic) bond motifs is 1. The zero-order chi connectivity index (χ0) is 26.1. The molecule has 0 atom stereocenters. The smallest absolute Gasteiger partial charge is 0.260 e. The molecule has 0 aliphatic rings. The van der Waals surface area contributed by atoms with Gasteiger partial charge in [0.25, 0.3) is 5.91 Å². The van der Waals surface area contributed by atoms with E-state index in [9.17, 15) is 10.1 Å². The van der Waals surface area contributed by atoms with E-state index in [0.29, 0.717) is 32.9 Å². The highest BCUT2D eigenvalue weighted by atomic mass is 32.1. The van der Waals surface area contributed by atoms with Gasteiger partial charge in [0, 0.05) is 16.9 Å². The largest absolute Gasteiger partial charge is 0.383 e. The fourth-order valence-corrected chi connectivity index (χ4v) is 5.53. The lowest BCUT2D eigenvalue weighted by Gasteiger charge is -2.11. The van der Waals surface area contributed by atoms with Crippen LogP contribution >= 0.6 is 11.3 Å². The van der Waals surface area contributed by atoms with Gasteiger partial charge >= 0.3 is 0 Å². The quantitative estimate of drug-likeness (QED) is 0.233. The first-order valence-corrected chi connectivity index (χ1v) is 12.6. The summed E-state index contributed by atoms with van der Waals surface area (Å²) in [7, 11) is 0. The van der Waals surface area contributed by atoms with E-state index in [0.717, 1.165) is 32.6 Å². The Morgan fingerprint density at radius 2 is 1.57 bits per heavy atom. The van der Waals surface area contributed by atoms with Crippen molar-refractivity contribution in [2.45, 2.75) is 20.8 Å². The van der Waals surface area contributed by atoms with Crippen molar-refractivity contribution in [1.29, 1.82) is 5.26 Å². The van der Waals surface area contributed by atoms with Crippen molar-refractivity contribution in [3.63, 3.8) is 0 Å². The minimum atomic E-state index is -0.307. The summed E-state index contributed by atoms with van der Waals surface area (Å²) in [6.07, 6.45) is 0. The van der Waals surface area contributed by atoms with Gasteiger partial charge in [0.15, 0.2) is 0 Å². The minimum absolute atomic E-state index is 0.0927. The Balaban J connectivity index is 1.75. The number of carbonyl (C=O) groups excluding carboxylic acids is 1. The summed E-state index contributed by atoms with van der Waals surface area (Å²) in [5, 5.41) is 17.0. The number of rotatable bonds is 5. The number of hydrogen-bond donors (Lipinski definition) is 3. The Labute approximate surface area is 219 Å². The van der Waals surface area contributed by atoms with Crippen LogP contribution in [0, 0.1) is 32.1 Å². The maximum Gasteiger partial charge on any atom is 0.260 e. The highest BCUT2D eigenvalue weighted by molar-refractivity contribution is 7.24. The molecule has 0 radical (unpaired) electrons. The fourth-order valence-electron chi connectivity index (χ4n) is 4.29. The molecule has 0 aliphatic carbocycles. The van der Waals surface area contributed by atoms with E-state index in [1.807, 2.05) is 93.6 Å². The summed E-state index contributed by atoms with van der Waals surface area (Å²) < 4.78 is 0.721. The number of pyridine rings is 1. The number of anilines is 4. The first kappa shape index (κ1) is 24.0. The Bertz CT molecular complexity index is 1700. The highest BCUT2D eigenvalue weighted by Crippen LogP contribution is 2.44. The van der Waals surface area contributed by atoms with Crippen molar-refractivity contribution in [1.82, 2.24) is 4.98 Å². The number of nitrogens with one attached hydrogen (secondary N) is 2. The van der Waals surface area contributed by atoms with Crippen molar-refractivity contribution in [2.75, 3.05) is 16.4 Å². The molecule has 5 aromatic rings. The molecule has 7 heteroatoms. The molecular weight excluding hydrogens is 478 g/mol. The molecule has 2 aromatic heterocycles. The summed E-state index contributed by atoms with van der Waals surface area (Å²) in [4.78, 5) is 18.3. The second-order valence-corrected chi connectivity index (χ2v) is 10.0. The number of aromatic nitrogens is 1. The molecule has 3 aromatic carbocycles. The zero-order valence-corrected chi connectivity index (χ0v) is 21.5. The molecule has 0 spiro atoms. The van der Waals surface area contributed by atoms with Crippen LogP contribution in [0.1, 0.15) is 32.6 Å². The van der Waals surface area contributed by atoms with Gasteiger partial charge in [-0.25, -0.2) is 4.98 Å². The maximum absolute atomic E-state index is 13.7. The average molecular weight is 504 g/mol. The van der Waals surface area contributed by atoms with Crippen LogP contribution in [0.2, 0.25) is 0 Å². The summed E-state index contributed by atoms with van der Waals surface area (Å²) >= 11 is 1.39. The first-order valence-electron chi connectivity index (χ1n) is 11.8. The standard InChI is InChI=1S/C30H25N5OS/c1-17-10-12-20(13-11-17)24-23(16-31)28(32)35-26-25(29(36)33-21-8-4-6-18(2)14-21)30(37-27(24)26)34-22-9-5-7-19(3)15-22/h4-15,34H,1-3H3,(H2,32,35)(H,33,36). The number of amides is 1. The van der Waals surface area contributed by atoms with Gasteiger partial charge < -0.3 is 16.4 Å². The average Bonchev–Trinajstić information content (AvgIpc) is 3.21. The van der Waals surface area contributed by atoms with Gasteiger partial charge in [0.2, 0.25) is 0 Å². The Morgan fingerprint density at radius 3 is 2.22 bits per heavy atom. The number of benzene rings is 3. The number of hydrogen-bond acceptors (Lipinski definition) is 6. The Kier molecular flexibility index (Phi) is 6.34. The molecule has 0 unspecified atom stereocenters. The van der Waals surface area contributed by atoms with Crippen LogP contribution in [0.25, 0.3) is 21.3 Å². The van der Waals surface area contributed by atoms with Gasteiger partial charge in [0.05, 0.1) is 10.2 Å². The second-order valence-electron chi connectivity index (χ2n) is 9.03. The molecule has 5 rings (SSSR count). The van der Waals surface area contributed by atoms with Crippen molar-refractivity contribution in [3.05, 3.63) is 101 Å². The van der Waals surface area contributed by atoms with Gasteiger partial charge in [-0.2, -0.15) is 5.26 Å². The normalized spacial score (nSPS) is 10.8. The molecule has 6 nitrogen and oxygen atoms in total. The van der Waals surface area contributed by atoms with Gasteiger partial charge in [-0.15, -0.1) is 11.3 Å². The molecule has 0 saturated heterocycles. The molecule has 4 N–H and O–H groups in total. The summed E-state index contributed by atoms with van der Waals surface area (Å²) in [6.45, 7) is 5.99. The van der Waals surface area contributed by atoms with Gasteiger partial charge in [-0.3, -0.25) is 4.79 Å². The molecule has 182 valence electrons. The number of nitrogens with two attached hydrogens (primary N) is 1. The molecule has 1 amide bonds. The predicted octanol–water partition coefficient (Wildman–Crippen LogP) is 7.34. The summed E-state index contributed by atoms with van der Waals surface area (Å²) in [5.41, 5.74) is 13.7. The third kappa shape index (κ3) is 4.75. The van der Waals surface area contributed by atoms with Crippen molar-refractivity contribution in [3.8, 4) is 17.2 Å². The van der Waals surface area contributed by atoms with Crippen LogP contribution in [-0.4, -0.2) is 10.9 Å². The highest BCUT2D eigenvalue weighted by Gasteiger charge is 2.26. The Morgan fingerprint density at radius 1 is 0.919 bits per heavy atom. The second kappa shape index (κ2) is 9.76. The Hall–Kier alpha value is -4.67. The van der Waals surface area contributed by atoms with Gasteiger partial charge in [-0.05, 0) is 61.7 Å². The molecule has 2 heterocycles. The fraction of sp³-hybridized carbons (Fsp3) is 0.100. The third-order valence-electron chi connectivity index (χ3n) is 6.08. The molecule has 0 bridgehead atoms. The molecule has 37 heavy (non-hydrogen) atoms. The lowest BCUT2D eigenvalue weighted by atomic mass is 9.99. The number of thiophene rings is 1. The van der Waals surface area contributed by atoms with E-state index in [4.69, 9.17) is 5.73 Å². The van der Waals surface area contributed by atoms with E-state index < -0.39 is 0 Å². The van der Waals surface area contributed by atoms with Gasteiger partial charge in [-0.1, -0.05) is 54.1 Å². The summed E-state index contributed by atoms with van der Waals surface area (Å²) in [6, 6.07) is 25.7. The molecule has 0 aliphatic heterocycles. The van der Waals surface area contributed by atoms with Crippen molar-refractivity contribution < 1.29 is 4.79 Å². The van der Waals surface area contributed by atoms with Crippen molar-refractivity contribution in [2.24, 2.45) is 0 Å². The van der Waals surface area contributed by atoms with Crippen LogP contribution in [0.5, 0.6) is 0 Å². The first-order chi connectivity index (χ1) is 17.8. The number of nitriles is 1. The van der Waals surface area contributed by atoms with E-state index in [-0.39, 0.29) is 11.7 Å². The van der Waals surface area contributed by atoms with Crippen LogP contribution in [0.4, 0.5) is 22.2 Å². The van der Waals surface area contributed by atoms with E-state index in [1.165, 1.54) is 11.3 Å². The van der Waals surface area contributed by atoms with Gasteiger partial charge in [0.1, 0.15) is 28.0 Å². The van der Waals surface area contributed by atoms with E-state index in [1.54, 1.807) is 0 Å². The number of aryl methyl sites for hydroxylation is 3. The molecular formula is C30H25N5OS. The van der Waals surface area contributed by atoms with E-state index in [2.05, 4.69) is 21.7 Å². The predicted molar refractivity (Wildman–Crippen MR) is 153 cm³/mol. The lowest BCUT2D eigenvalue weighted by molar-refractivity contribution is 0.102. The lowest BCUT2D eigenvalue weighted by Crippen LogP contribution is -2.13. The van der Waals surface area contributed by atoms with Crippen LogP contribution < -0.4 is 16.4 Å². The SMILES string of the molecule is Cc1ccc(-c2c(C#N)c(N)nc3c(C(=O)Nc4cccc(C)c4)c(Nc4cccc(C)c4)sc23)cc1. The monoisotopic (exact) mass is 503 g/mol. The topological polar surface area (TPSA) is 104 Å². The number of carbonyl (C=O) groups is 1. The number of nitrogens with zero attached hydrogens (tertiary/aromatic N) is 2. The molecule has 0 saturated carbocycles. The van der Waals surface area contributed by atoms with Crippen LogP contribution in [0.3, 0.4) is 0 Å². The minimum Gasteiger partial charge on any atom is -0.383 e.